The summed E-state index contributed by atoms with van der Waals surface area (Å²) in [7, 11) is 0. The summed E-state index contributed by atoms with van der Waals surface area (Å²) in [5.74, 6) is -3.08. The fourth-order valence-corrected chi connectivity index (χ4v) is 3.75. The standard InChI is InChI=1S/C24H34N6O5S/c1-14(2)8-19(24(34)35)29-23(33)20(12-36)30-22(32)18(10-16-11-26-13-27-16)28-21(31)17(25)9-15-6-4-3-5-7-15/h3-7,11,13-14,17-20,36H,8-10,12,25H2,1-2H3,(H,26,27)(H,28,31)(H,29,33)(H,30,32)(H,34,35). The summed E-state index contributed by atoms with van der Waals surface area (Å²) in [5.41, 5.74) is 7.53. The molecule has 11 nitrogen and oxygen atoms in total. The van der Waals surface area contributed by atoms with Crippen molar-refractivity contribution in [2.24, 2.45) is 11.7 Å². The monoisotopic (exact) mass is 518 g/mol. The van der Waals surface area contributed by atoms with Gasteiger partial charge in [0.1, 0.15) is 18.1 Å². The second kappa shape index (κ2) is 14.2. The van der Waals surface area contributed by atoms with Gasteiger partial charge >= 0.3 is 5.97 Å². The molecule has 0 radical (unpaired) electrons. The Hall–Kier alpha value is -3.38. The van der Waals surface area contributed by atoms with Crippen LogP contribution in [0.1, 0.15) is 31.5 Å². The first-order valence-electron chi connectivity index (χ1n) is 11.6. The summed E-state index contributed by atoms with van der Waals surface area (Å²) in [6.07, 6.45) is 3.54. The maximum Gasteiger partial charge on any atom is 0.326 e. The smallest absolute Gasteiger partial charge is 0.326 e. The molecule has 2 rings (SSSR count). The molecule has 1 heterocycles. The van der Waals surface area contributed by atoms with Gasteiger partial charge in [0.05, 0.1) is 12.4 Å². The lowest BCUT2D eigenvalue weighted by molar-refractivity contribution is -0.142. The zero-order chi connectivity index (χ0) is 26.7. The Kier molecular flexibility index (Phi) is 11.4. The highest BCUT2D eigenvalue weighted by atomic mass is 32.1. The van der Waals surface area contributed by atoms with E-state index in [1.54, 1.807) is 0 Å². The van der Waals surface area contributed by atoms with Crippen molar-refractivity contribution in [3.05, 3.63) is 54.1 Å². The van der Waals surface area contributed by atoms with Gasteiger partial charge in [-0.05, 0) is 24.3 Å². The van der Waals surface area contributed by atoms with Gasteiger partial charge in [0.2, 0.25) is 17.7 Å². The number of imidazole rings is 1. The van der Waals surface area contributed by atoms with Crippen LogP contribution in [-0.2, 0) is 32.0 Å². The molecule has 1 aromatic carbocycles. The summed E-state index contributed by atoms with van der Waals surface area (Å²) in [4.78, 5) is 57.0. The molecule has 0 aliphatic rings. The molecule has 0 aliphatic carbocycles. The number of nitrogens with zero attached hydrogens (tertiary/aromatic N) is 1. The highest BCUT2D eigenvalue weighted by molar-refractivity contribution is 7.80. The highest BCUT2D eigenvalue weighted by Crippen LogP contribution is 2.07. The number of nitrogens with two attached hydrogens (primary N) is 1. The van der Waals surface area contributed by atoms with Gasteiger partial charge in [-0.1, -0.05) is 44.2 Å². The number of H-pyrrole nitrogens is 1. The summed E-state index contributed by atoms with van der Waals surface area (Å²) >= 11 is 4.14. The van der Waals surface area contributed by atoms with Crippen molar-refractivity contribution in [2.75, 3.05) is 5.75 Å². The normalized spacial score (nSPS) is 14.4. The molecule has 12 heteroatoms. The third kappa shape index (κ3) is 9.34. The fourth-order valence-electron chi connectivity index (χ4n) is 3.50. The van der Waals surface area contributed by atoms with Crippen LogP contribution in [0.15, 0.2) is 42.9 Å². The number of hydrogen-bond acceptors (Lipinski definition) is 7. The molecule has 1 aromatic heterocycles. The van der Waals surface area contributed by atoms with Crippen LogP contribution < -0.4 is 21.7 Å². The lowest BCUT2D eigenvalue weighted by Gasteiger charge is -2.24. The number of aromatic amines is 1. The van der Waals surface area contributed by atoms with Crippen LogP contribution in [0.25, 0.3) is 0 Å². The SMILES string of the molecule is CC(C)CC(NC(=O)C(CS)NC(=O)C(Cc1cnc[nH]1)NC(=O)C(N)Cc1ccccc1)C(=O)O. The predicted octanol–water partition coefficient (Wildman–Crippen LogP) is 0.0371. The van der Waals surface area contributed by atoms with Crippen molar-refractivity contribution < 1.29 is 24.3 Å². The number of rotatable bonds is 14. The number of aliphatic carboxylic acids is 1. The predicted molar refractivity (Wildman–Crippen MR) is 137 cm³/mol. The van der Waals surface area contributed by atoms with Crippen molar-refractivity contribution in [3.8, 4) is 0 Å². The molecular formula is C24H34N6O5S. The zero-order valence-electron chi connectivity index (χ0n) is 20.3. The molecule has 3 amide bonds. The third-order valence-corrected chi connectivity index (χ3v) is 5.75. The molecular weight excluding hydrogens is 484 g/mol. The van der Waals surface area contributed by atoms with Crippen LogP contribution in [0.3, 0.4) is 0 Å². The Morgan fingerprint density at radius 2 is 1.58 bits per heavy atom. The maximum atomic E-state index is 13.1. The van der Waals surface area contributed by atoms with E-state index in [4.69, 9.17) is 5.73 Å². The number of hydrogen-bond donors (Lipinski definition) is 7. The molecule has 0 spiro atoms. The molecule has 2 aromatic rings. The first-order chi connectivity index (χ1) is 17.1. The van der Waals surface area contributed by atoms with Crippen LogP contribution in [-0.4, -0.2) is 68.7 Å². The van der Waals surface area contributed by atoms with Gasteiger partial charge in [0.25, 0.3) is 0 Å². The van der Waals surface area contributed by atoms with Crippen LogP contribution in [0, 0.1) is 5.92 Å². The summed E-state index contributed by atoms with van der Waals surface area (Å²) < 4.78 is 0. The number of carbonyl (C=O) groups excluding carboxylic acids is 3. The molecule has 0 saturated carbocycles. The summed E-state index contributed by atoms with van der Waals surface area (Å²) in [5, 5.41) is 17.1. The van der Waals surface area contributed by atoms with Gasteiger partial charge in [-0.3, -0.25) is 14.4 Å². The van der Waals surface area contributed by atoms with Gasteiger partial charge in [-0.15, -0.1) is 0 Å². The topological polar surface area (TPSA) is 179 Å². The second-order valence-electron chi connectivity index (χ2n) is 8.91. The molecule has 0 aliphatic heterocycles. The average molecular weight is 519 g/mol. The van der Waals surface area contributed by atoms with E-state index in [1.807, 2.05) is 44.2 Å². The number of amides is 3. The number of benzene rings is 1. The van der Waals surface area contributed by atoms with E-state index in [2.05, 4.69) is 38.5 Å². The van der Waals surface area contributed by atoms with Gasteiger partial charge in [-0.25, -0.2) is 9.78 Å². The lowest BCUT2D eigenvalue weighted by atomic mass is 10.0. The van der Waals surface area contributed by atoms with E-state index in [1.165, 1.54) is 12.5 Å². The molecule has 7 N–H and O–H groups in total. The number of nitrogens with one attached hydrogen (secondary N) is 4. The highest BCUT2D eigenvalue weighted by Gasteiger charge is 2.30. The first-order valence-corrected chi connectivity index (χ1v) is 12.3. The van der Waals surface area contributed by atoms with Gasteiger partial charge in [0.15, 0.2) is 0 Å². The van der Waals surface area contributed by atoms with Gasteiger partial charge in [-0.2, -0.15) is 12.6 Å². The minimum atomic E-state index is -1.17. The number of carbonyl (C=O) groups is 4. The third-order valence-electron chi connectivity index (χ3n) is 5.38. The molecule has 0 fully saturated rings. The van der Waals surface area contributed by atoms with Crippen LogP contribution in [0.4, 0.5) is 0 Å². The Balaban J connectivity index is 2.09. The Morgan fingerprint density at radius 3 is 2.14 bits per heavy atom. The zero-order valence-corrected chi connectivity index (χ0v) is 21.2. The number of carboxylic acid groups (broad SMARTS) is 1. The lowest BCUT2D eigenvalue weighted by Crippen LogP contribution is -2.58. The van der Waals surface area contributed by atoms with Gasteiger partial charge in [0, 0.05) is 24.1 Å². The molecule has 4 unspecified atom stereocenters. The van der Waals surface area contributed by atoms with E-state index in [0.29, 0.717) is 5.69 Å². The molecule has 196 valence electrons. The van der Waals surface area contributed by atoms with Crippen molar-refractivity contribution in [1.29, 1.82) is 0 Å². The Labute approximate surface area is 215 Å². The second-order valence-corrected chi connectivity index (χ2v) is 9.28. The largest absolute Gasteiger partial charge is 0.480 e. The summed E-state index contributed by atoms with van der Waals surface area (Å²) in [6, 6.07) is 5.04. The van der Waals surface area contributed by atoms with Crippen LogP contribution >= 0.6 is 12.6 Å². The molecule has 4 atom stereocenters. The molecule has 0 saturated heterocycles. The number of thiol groups is 1. The maximum absolute atomic E-state index is 13.1. The van der Waals surface area contributed by atoms with Crippen molar-refractivity contribution >= 4 is 36.3 Å². The Morgan fingerprint density at radius 1 is 0.972 bits per heavy atom. The fraction of sp³-hybridized carbons (Fsp3) is 0.458. The minimum Gasteiger partial charge on any atom is -0.480 e. The van der Waals surface area contributed by atoms with Crippen LogP contribution in [0.5, 0.6) is 0 Å². The Bertz CT molecular complexity index is 1000. The van der Waals surface area contributed by atoms with E-state index in [-0.39, 0.29) is 30.9 Å². The quantitative estimate of drug-likeness (QED) is 0.172. The van der Waals surface area contributed by atoms with Gasteiger partial charge < -0.3 is 31.8 Å². The van der Waals surface area contributed by atoms with Crippen molar-refractivity contribution in [1.82, 2.24) is 25.9 Å². The van der Waals surface area contributed by atoms with Crippen molar-refractivity contribution in [2.45, 2.75) is 57.3 Å². The van der Waals surface area contributed by atoms with E-state index in [9.17, 15) is 24.3 Å². The summed E-state index contributed by atoms with van der Waals surface area (Å²) in [6.45, 7) is 3.68. The molecule has 36 heavy (non-hydrogen) atoms. The minimum absolute atomic E-state index is 0.0320. The number of carboxylic acids is 1. The van der Waals surface area contributed by atoms with Crippen LogP contribution in [0.2, 0.25) is 0 Å². The first kappa shape index (κ1) is 28.9. The van der Waals surface area contributed by atoms with E-state index < -0.39 is 47.9 Å². The number of aromatic nitrogens is 2. The molecule has 0 bridgehead atoms. The average Bonchev–Trinajstić information content (AvgIpc) is 3.34. The van der Waals surface area contributed by atoms with E-state index in [0.717, 1.165) is 5.56 Å². The van der Waals surface area contributed by atoms with Crippen molar-refractivity contribution in [3.63, 3.8) is 0 Å². The van der Waals surface area contributed by atoms with E-state index >= 15 is 0 Å².